The Labute approximate surface area is 117 Å². The highest BCUT2D eigenvalue weighted by Crippen LogP contribution is 2.29. The van der Waals surface area contributed by atoms with Crippen molar-refractivity contribution >= 4 is 0 Å². The van der Waals surface area contributed by atoms with E-state index in [-0.39, 0.29) is 5.54 Å². The van der Waals surface area contributed by atoms with Crippen LogP contribution in [-0.2, 0) is 0 Å². The van der Waals surface area contributed by atoms with Gasteiger partial charge in [0.25, 0.3) is 0 Å². The molecule has 0 aliphatic carbocycles. The van der Waals surface area contributed by atoms with Crippen LogP contribution in [-0.4, -0.2) is 30.1 Å². The van der Waals surface area contributed by atoms with Crippen LogP contribution in [0.2, 0.25) is 0 Å². The largest absolute Gasteiger partial charge is 0.308 e. The fourth-order valence-corrected chi connectivity index (χ4v) is 3.01. The van der Waals surface area contributed by atoms with Crippen LogP contribution >= 0.6 is 0 Å². The third kappa shape index (κ3) is 3.00. The minimum Gasteiger partial charge on any atom is -0.308 e. The molecule has 1 saturated heterocycles. The molecule has 102 valence electrons. The molecular weight excluding hydrogens is 232 g/mol. The molecule has 1 N–H and O–H groups in total. The van der Waals surface area contributed by atoms with E-state index in [0.717, 1.165) is 32.5 Å². The van der Waals surface area contributed by atoms with Crippen LogP contribution in [0.25, 0.3) is 0 Å². The Bertz CT molecular complexity index is 428. The molecule has 1 atom stereocenters. The van der Waals surface area contributed by atoms with E-state index < -0.39 is 0 Å². The molecule has 1 aromatic carbocycles. The topological polar surface area (TPSA) is 15.3 Å². The number of piperazine rings is 1. The van der Waals surface area contributed by atoms with Crippen molar-refractivity contribution < 1.29 is 0 Å². The maximum absolute atomic E-state index is 5.56. The second-order valence-electron chi connectivity index (χ2n) is 5.40. The predicted octanol–water partition coefficient (Wildman–Crippen LogP) is 2.82. The van der Waals surface area contributed by atoms with Gasteiger partial charge in [0.2, 0.25) is 0 Å². The molecule has 1 fully saturated rings. The van der Waals surface area contributed by atoms with Gasteiger partial charge in [-0.3, -0.25) is 4.90 Å². The zero-order valence-corrected chi connectivity index (χ0v) is 12.0. The lowest BCUT2D eigenvalue weighted by Gasteiger charge is -2.47. The molecule has 0 radical (unpaired) electrons. The lowest BCUT2D eigenvalue weighted by Crippen LogP contribution is -2.60. The Morgan fingerprint density at radius 1 is 1.32 bits per heavy atom. The van der Waals surface area contributed by atoms with Gasteiger partial charge in [-0.1, -0.05) is 50.1 Å². The van der Waals surface area contributed by atoms with Crippen LogP contribution in [0.4, 0.5) is 0 Å². The van der Waals surface area contributed by atoms with Gasteiger partial charge in [0.1, 0.15) is 0 Å². The van der Waals surface area contributed by atoms with Crippen molar-refractivity contribution in [2.45, 2.75) is 38.3 Å². The van der Waals surface area contributed by atoms with Crippen molar-refractivity contribution in [1.82, 2.24) is 10.2 Å². The number of rotatable bonds is 4. The molecule has 1 aliphatic heterocycles. The van der Waals surface area contributed by atoms with Crippen molar-refractivity contribution in [2.75, 3.05) is 19.6 Å². The Hall–Kier alpha value is -1.30. The van der Waals surface area contributed by atoms with Crippen LogP contribution in [0.15, 0.2) is 30.3 Å². The zero-order valence-electron chi connectivity index (χ0n) is 12.0. The Kier molecular flexibility index (Phi) is 4.63. The van der Waals surface area contributed by atoms with Gasteiger partial charge in [-0.05, 0) is 18.4 Å². The van der Waals surface area contributed by atoms with E-state index in [1.165, 1.54) is 5.56 Å². The first-order valence-electron chi connectivity index (χ1n) is 7.22. The fourth-order valence-electron chi connectivity index (χ4n) is 3.01. The van der Waals surface area contributed by atoms with Gasteiger partial charge >= 0.3 is 0 Å². The standard InChI is InChI=1S/C17H24N2/c1-4-12-19-14-17(5-2,6-3)18-13-16(19)15-10-8-7-9-11-15/h1,7-11,16,18H,5-6,12-14H2,2-3H3. The second-order valence-corrected chi connectivity index (χ2v) is 5.40. The van der Waals surface area contributed by atoms with E-state index in [1.807, 2.05) is 0 Å². The summed E-state index contributed by atoms with van der Waals surface area (Å²) in [6, 6.07) is 11.0. The van der Waals surface area contributed by atoms with E-state index in [9.17, 15) is 0 Å². The van der Waals surface area contributed by atoms with Gasteiger partial charge in [-0.25, -0.2) is 0 Å². The third-order valence-corrected chi connectivity index (χ3v) is 4.45. The minimum atomic E-state index is 0.224. The fraction of sp³-hybridized carbons (Fsp3) is 0.529. The van der Waals surface area contributed by atoms with Crippen LogP contribution in [0.1, 0.15) is 38.3 Å². The maximum Gasteiger partial charge on any atom is 0.0605 e. The molecule has 1 heterocycles. The number of terminal acetylenes is 1. The van der Waals surface area contributed by atoms with Crippen LogP contribution in [0.3, 0.4) is 0 Å². The Morgan fingerprint density at radius 2 is 2.00 bits per heavy atom. The van der Waals surface area contributed by atoms with Gasteiger partial charge in [0, 0.05) is 24.7 Å². The van der Waals surface area contributed by atoms with Crippen molar-refractivity contribution in [1.29, 1.82) is 0 Å². The molecule has 0 aromatic heterocycles. The maximum atomic E-state index is 5.56. The summed E-state index contributed by atoms with van der Waals surface area (Å²) in [6.45, 7) is 7.25. The van der Waals surface area contributed by atoms with Crippen LogP contribution in [0.5, 0.6) is 0 Å². The summed E-state index contributed by atoms with van der Waals surface area (Å²) in [5.41, 5.74) is 1.58. The predicted molar refractivity (Wildman–Crippen MR) is 80.9 cm³/mol. The van der Waals surface area contributed by atoms with Crippen molar-refractivity contribution in [3.05, 3.63) is 35.9 Å². The number of nitrogens with one attached hydrogen (secondary N) is 1. The molecule has 0 spiro atoms. The summed E-state index contributed by atoms with van der Waals surface area (Å²) in [5.74, 6) is 2.82. The first-order chi connectivity index (χ1) is 9.24. The molecule has 2 heteroatoms. The lowest BCUT2D eigenvalue weighted by atomic mass is 9.87. The van der Waals surface area contributed by atoms with Crippen LogP contribution < -0.4 is 5.32 Å². The highest BCUT2D eigenvalue weighted by molar-refractivity contribution is 5.21. The van der Waals surface area contributed by atoms with Crippen molar-refractivity contribution in [2.24, 2.45) is 0 Å². The van der Waals surface area contributed by atoms with E-state index in [0.29, 0.717) is 6.04 Å². The molecule has 19 heavy (non-hydrogen) atoms. The van der Waals surface area contributed by atoms with E-state index in [2.05, 4.69) is 60.3 Å². The summed E-state index contributed by atoms with van der Waals surface area (Å²) >= 11 is 0. The molecule has 0 amide bonds. The first kappa shape index (κ1) is 14.1. The first-order valence-corrected chi connectivity index (χ1v) is 7.22. The molecule has 0 bridgehead atoms. The number of benzene rings is 1. The molecule has 2 rings (SSSR count). The van der Waals surface area contributed by atoms with Gasteiger partial charge in [-0.2, -0.15) is 0 Å². The normalized spacial score (nSPS) is 22.9. The Morgan fingerprint density at radius 3 is 2.58 bits per heavy atom. The smallest absolute Gasteiger partial charge is 0.0605 e. The minimum absolute atomic E-state index is 0.224. The van der Waals surface area contributed by atoms with Gasteiger partial charge in [0.15, 0.2) is 0 Å². The molecular formula is C17H24N2. The third-order valence-electron chi connectivity index (χ3n) is 4.45. The SMILES string of the molecule is C#CCN1CC(CC)(CC)NCC1c1ccccc1. The van der Waals surface area contributed by atoms with E-state index >= 15 is 0 Å². The van der Waals surface area contributed by atoms with E-state index in [4.69, 9.17) is 6.42 Å². The van der Waals surface area contributed by atoms with Crippen LogP contribution in [0, 0.1) is 12.3 Å². The summed E-state index contributed by atoms with van der Waals surface area (Å²) in [7, 11) is 0. The van der Waals surface area contributed by atoms with E-state index in [1.54, 1.807) is 0 Å². The number of hydrogen-bond acceptors (Lipinski definition) is 2. The number of nitrogens with zero attached hydrogens (tertiary/aromatic N) is 1. The Balaban J connectivity index is 2.20. The zero-order chi connectivity index (χ0) is 13.7. The van der Waals surface area contributed by atoms with Crippen molar-refractivity contribution in [3.8, 4) is 12.3 Å². The molecule has 1 aromatic rings. The van der Waals surface area contributed by atoms with Crippen molar-refractivity contribution in [3.63, 3.8) is 0 Å². The number of hydrogen-bond donors (Lipinski definition) is 1. The van der Waals surface area contributed by atoms with Gasteiger partial charge in [-0.15, -0.1) is 6.42 Å². The second kappa shape index (κ2) is 6.23. The highest BCUT2D eigenvalue weighted by Gasteiger charge is 2.36. The highest BCUT2D eigenvalue weighted by atomic mass is 15.2. The molecule has 0 saturated carbocycles. The quantitative estimate of drug-likeness (QED) is 0.833. The monoisotopic (exact) mass is 256 g/mol. The molecule has 1 aliphatic rings. The lowest BCUT2D eigenvalue weighted by molar-refractivity contribution is 0.0845. The summed E-state index contributed by atoms with van der Waals surface area (Å²) in [4.78, 5) is 2.44. The average Bonchev–Trinajstić information content (AvgIpc) is 2.48. The average molecular weight is 256 g/mol. The molecule has 2 nitrogen and oxygen atoms in total. The summed E-state index contributed by atoms with van der Waals surface area (Å²) in [5, 5.41) is 3.76. The molecule has 1 unspecified atom stereocenters. The van der Waals surface area contributed by atoms with Gasteiger partial charge < -0.3 is 5.32 Å². The summed E-state index contributed by atoms with van der Waals surface area (Å²) < 4.78 is 0. The summed E-state index contributed by atoms with van der Waals surface area (Å²) in [6.07, 6.45) is 7.85. The van der Waals surface area contributed by atoms with Gasteiger partial charge in [0.05, 0.1) is 6.54 Å².